The predicted octanol–water partition coefficient (Wildman–Crippen LogP) is 3.54. The summed E-state index contributed by atoms with van der Waals surface area (Å²) in [4.78, 5) is 14.6. The number of hydrogen-bond donors (Lipinski definition) is 1. The summed E-state index contributed by atoms with van der Waals surface area (Å²) in [6, 6.07) is 9.10. The zero-order valence-corrected chi connectivity index (χ0v) is 15.9. The highest BCUT2D eigenvalue weighted by molar-refractivity contribution is 5.85. The summed E-state index contributed by atoms with van der Waals surface area (Å²) in [5, 5.41) is 3.41. The average Bonchev–Trinajstić information content (AvgIpc) is 2.46. The lowest BCUT2D eigenvalue weighted by molar-refractivity contribution is -0.136. The molecule has 1 aliphatic rings. The molecule has 130 valence electrons. The fourth-order valence-corrected chi connectivity index (χ4v) is 3.43. The van der Waals surface area contributed by atoms with Crippen LogP contribution in [0, 0.1) is 12.8 Å². The van der Waals surface area contributed by atoms with E-state index in [0.29, 0.717) is 11.9 Å². The van der Waals surface area contributed by atoms with Crippen LogP contribution in [0.4, 0.5) is 0 Å². The quantitative estimate of drug-likeness (QED) is 0.910. The van der Waals surface area contributed by atoms with E-state index in [9.17, 15) is 4.79 Å². The molecule has 23 heavy (non-hydrogen) atoms. The first-order valence-electron chi connectivity index (χ1n) is 8.35. The Hall–Kier alpha value is -1.06. The molecule has 0 spiro atoms. The Labute approximate surface area is 147 Å². The Morgan fingerprint density at radius 2 is 1.91 bits per heavy atom. The van der Waals surface area contributed by atoms with Gasteiger partial charge in [0.1, 0.15) is 0 Å². The van der Waals surface area contributed by atoms with E-state index in [1.54, 1.807) is 0 Å². The zero-order chi connectivity index (χ0) is 16.3. The van der Waals surface area contributed by atoms with E-state index in [4.69, 9.17) is 0 Å². The molecule has 0 aromatic heterocycles. The zero-order valence-electron chi connectivity index (χ0n) is 15.1. The van der Waals surface area contributed by atoms with Crippen molar-refractivity contribution in [3.63, 3.8) is 0 Å². The molecule has 2 rings (SSSR count). The van der Waals surface area contributed by atoms with Crippen molar-refractivity contribution in [3.8, 4) is 0 Å². The molecule has 2 atom stereocenters. The molecule has 1 amide bonds. The van der Waals surface area contributed by atoms with E-state index in [2.05, 4.69) is 57.3 Å². The van der Waals surface area contributed by atoms with Crippen LogP contribution in [-0.4, -0.2) is 37.0 Å². The summed E-state index contributed by atoms with van der Waals surface area (Å²) in [6.45, 7) is 10.4. The monoisotopic (exact) mass is 338 g/mol. The Kier molecular flexibility index (Phi) is 7.09. The number of benzene rings is 1. The van der Waals surface area contributed by atoms with Gasteiger partial charge in [-0.2, -0.15) is 0 Å². The van der Waals surface area contributed by atoms with Crippen LogP contribution in [0.3, 0.4) is 0 Å². The first-order valence-corrected chi connectivity index (χ1v) is 8.35. The lowest BCUT2D eigenvalue weighted by Gasteiger charge is -2.35. The van der Waals surface area contributed by atoms with E-state index in [0.717, 1.165) is 25.9 Å². The highest BCUT2D eigenvalue weighted by Crippen LogP contribution is 2.26. The molecule has 1 fully saturated rings. The summed E-state index contributed by atoms with van der Waals surface area (Å²) in [6.07, 6.45) is 1.91. The molecule has 0 unspecified atom stereocenters. The highest BCUT2D eigenvalue weighted by atomic mass is 35.5. The van der Waals surface area contributed by atoms with E-state index in [1.807, 2.05) is 11.9 Å². The van der Waals surface area contributed by atoms with Gasteiger partial charge in [0.15, 0.2) is 0 Å². The SMILES string of the molecule is Cc1ccc(C(C)(C)CN(C)C(=O)[C@H]2CCN[C@@H](C)C2)cc1.Cl. The molecular weight excluding hydrogens is 308 g/mol. The maximum absolute atomic E-state index is 12.7. The van der Waals surface area contributed by atoms with Gasteiger partial charge in [-0.1, -0.05) is 43.7 Å². The molecule has 0 radical (unpaired) electrons. The number of amides is 1. The minimum atomic E-state index is -0.0311. The number of carbonyl (C=O) groups excluding carboxylic acids is 1. The summed E-state index contributed by atoms with van der Waals surface area (Å²) >= 11 is 0. The van der Waals surface area contributed by atoms with Crippen LogP contribution in [0.25, 0.3) is 0 Å². The topological polar surface area (TPSA) is 32.3 Å². The van der Waals surface area contributed by atoms with Gasteiger partial charge in [0.2, 0.25) is 5.91 Å². The molecule has 4 heteroatoms. The van der Waals surface area contributed by atoms with Crippen molar-refractivity contribution in [2.24, 2.45) is 5.92 Å². The Morgan fingerprint density at radius 1 is 1.30 bits per heavy atom. The van der Waals surface area contributed by atoms with Crippen molar-refractivity contribution >= 4 is 18.3 Å². The van der Waals surface area contributed by atoms with E-state index in [-0.39, 0.29) is 23.7 Å². The lowest BCUT2D eigenvalue weighted by Crippen LogP contribution is -2.46. The molecule has 1 aliphatic heterocycles. The molecule has 1 aromatic carbocycles. The largest absolute Gasteiger partial charge is 0.345 e. The van der Waals surface area contributed by atoms with Crippen LogP contribution in [0.15, 0.2) is 24.3 Å². The summed E-state index contributed by atoms with van der Waals surface area (Å²) in [7, 11) is 1.95. The van der Waals surface area contributed by atoms with E-state index in [1.165, 1.54) is 11.1 Å². The standard InChI is InChI=1S/C19H30N2O.ClH/c1-14-6-8-17(9-7-14)19(3,4)13-21(5)18(22)16-10-11-20-15(2)12-16;/h6-9,15-16,20H,10-13H2,1-5H3;1H/t15-,16-;/m0./s1. The van der Waals surface area contributed by atoms with Crippen molar-refractivity contribution in [3.05, 3.63) is 35.4 Å². The molecule has 1 aromatic rings. The third-order valence-corrected chi connectivity index (χ3v) is 4.81. The van der Waals surface area contributed by atoms with Crippen molar-refractivity contribution in [2.45, 2.75) is 52.0 Å². The number of rotatable bonds is 4. The second-order valence-electron chi connectivity index (χ2n) is 7.52. The van der Waals surface area contributed by atoms with Crippen LogP contribution in [0.5, 0.6) is 0 Å². The average molecular weight is 339 g/mol. The van der Waals surface area contributed by atoms with Gasteiger partial charge < -0.3 is 10.2 Å². The Morgan fingerprint density at radius 3 is 2.48 bits per heavy atom. The van der Waals surface area contributed by atoms with E-state index >= 15 is 0 Å². The van der Waals surface area contributed by atoms with Crippen molar-refractivity contribution < 1.29 is 4.79 Å². The van der Waals surface area contributed by atoms with Crippen molar-refractivity contribution in [2.75, 3.05) is 20.1 Å². The van der Waals surface area contributed by atoms with Gasteiger partial charge in [0.25, 0.3) is 0 Å². The van der Waals surface area contributed by atoms with Gasteiger partial charge in [-0.25, -0.2) is 0 Å². The number of aryl methyl sites for hydroxylation is 1. The van der Waals surface area contributed by atoms with Gasteiger partial charge in [-0.15, -0.1) is 12.4 Å². The lowest BCUT2D eigenvalue weighted by atomic mass is 9.83. The van der Waals surface area contributed by atoms with Crippen molar-refractivity contribution in [1.82, 2.24) is 10.2 Å². The van der Waals surface area contributed by atoms with Gasteiger partial charge in [0.05, 0.1) is 0 Å². The number of carbonyl (C=O) groups is 1. The highest BCUT2D eigenvalue weighted by Gasteiger charge is 2.30. The second kappa shape index (κ2) is 8.16. The number of hydrogen-bond acceptors (Lipinski definition) is 2. The Balaban J connectivity index is 0.00000264. The maximum Gasteiger partial charge on any atom is 0.225 e. The Bertz CT molecular complexity index is 513. The third kappa shape index (κ3) is 5.22. The van der Waals surface area contributed by atoms with Crippen LogP contribution in [-0.2, 0) is 10.2 Å². The number of nitrogens with one attached hydrogen (secondary N) is 1. The van der Waals surface area contributed by atoms with Crippen LogP contribution >= 0.6 is 12.4 Å². The van der Waals surface area contributed by atoms with E-state index < -0.39 is 0 Å². The number of nitrogens with zero attached hydrogens (tertiary/aromatic N) is 1. The molecule has 3 nitrogen and oxygen atoms in total. The maximum atomic E-state index is 12.7. The first-order chi connectivity index (χ1) is 10.3. The van der Waals surface area contributed by atoms with Gasteiger partial charge >= 0.3 is 0 Å². The smallest absolute Gasteiger partial charge is 0.225 e. The number of likely N-dealkylation sites (N-methyl/N-ethyl adjacent to an activating group) is 1. The van der Waals surface area contributed by atoms with Crippen molar-refractivity contribution in [1.29, 1.82) is 0 Å². The normalized spacial score (nSPS) is 21.4. The molecule has 1 N–H and O–H groups in total. The van der Waals surface area contributed by atoms with Gasteiger partial charge in [0, 0.05) is 31.0 Å². The summed E-state index contributed by atoms with van der Waals surface area (Å²) < 4.78 is 0. The molecule has 1 saturated heterocycles. The minimum absolute atomic E-state index is 0. The molecule has 0 saturated carbocycles. The van der Waals surface area contributed by atoms with Crippen LogP contribution in [0.1, 0.15) is 44.7 Å². The third-order valence-electron chi connectivity index (χ3n) is 4.81. The van der Waals surface area contributed by atoms with Crippen LogP contribution < -0.4 is 5.32 Å². The van der Waals surface area contributed by atoms with Gasteiger partial charge in [-0.3, -0.25) is 4.79 Å². The van der Waals surface area contributed by atoms with Gasteiger partial charge in [-0.05, 0) is 38.8 Å². The van der Waals surface area contributed by atoms with Crippen LogP contribution in [0.2, 0.25) is 0 Å². The summed E-state index contributed by atoms with van der Waals surface area (Å²) in [5.41, 5.74) is 2.53. The molecule has 0 bridgehead atoms. The molecular formula is C19H31ClN2O. The first kappa shape index (κ1) is 20.0. The molecule has 0 aliphatic carbocycles. The number of piperidine rings is 1. The predicted molar refractivity (Wildman–Crippen MR) is 99.3 cm³/mol. The summed E-state index contributed by atoms with van der Waals surface area (Å²) in [5.74, 6) is 0.476. The number of halogens is 1. The fourth-order valence-electron chi connectivity index (χ4n) is 3.43. The minimum Gasteiger partial charge on any atom is -0.345 e. The molecule has 1 heterocycles. The fraction of sp³-hybridized carbons (Fsp3) is 0.632. The second-order valence-corrected chi connectivity index (χ2v) is 7.52.